The summed E-state index contributed by atoms with van der Waals surface area (Å²) in [5, 5.41) is 9.29. The third-order valence-corrected chi connectivity index (χ3v) is 5.85. The molecule has 27 heavy (non-hydrogen) atoms. The van der Waals surface area contributed by atoms with Gasteiger partial charge in [-0.25, -0.2) is 0 Å². The number of hydrogen-bond acceptors (Lipinski definition) is 3. The third kappa shape index (κ3) is 3.77. The van der Waals surface area contributed by atoms with Crippen LogP contribution in [0.5, 0.6) is 0 Å². The summed E-state index contributed by atoms with van der Waals surface area (Å²) in [5.74, 6) is -0.0363. The molecule has 0 aliphatic rings. The van der Waals surface area contributed by atoms with Crippen LogP contribution in [0.25, 0.3) is 21.5 Å². The number of aromatic nitrogens is 3. The molecule has 138 valence electrons. The van der Waals surface area contributed by atoms with Gasteiger partial charge in [0.2, 0.25) is 0 Å². The first-order chi connectivity index (χ1) is 13.1. The van der Waals surface area contributed by atoms with Crippen molar-refractivity contribution in [3.63, 3.8) is 0 Å². The molecule has 1 N–H and O–H groups in total. The summed E-state index contributed by atoms with van der Waals surface area (Å²) in [6.07, 6.45) is 4.95. The van der Waals surface area contributed by atoms with E-state index >= 15 is 0 Å². The van der Waals surface area contributed by atoms with Gasteiger partial charge in [0.15, 0.2) is 0 Å². The van der Waals surface area contributed by atoms with E-state index in [1.165, 1.54) is 11.3 Å². The van der Waals surface area contributed by atoms with Crippen LogP contribution in [-0.2, 0) is 13.6 Å². The van der Waals surface area contributed by atoms with E-state index in [0.29, 0.717) is 16.4 Å². The Balaban J connectivity index is 1.48. The molecule has 0 bridgehead atoms. The Morgan fingerprint density at radius 3 is 2.70 bits per heavy atom. The predicted molar refractivity (Wildman–Crippen MR) is 110 cm³/mol. The lowest BCUT2D eigenvalue weighted by Gasteiger charge is -2.04. The molecule has 0 radical (unpaired) electrons. The number of amides is 1. The van der Waals surface area contributed by atoms with E-state index in [2.05, 4.69) is 15.0 Å². The number of hydrogen-bond donors (Lipinski definition) is 1. The maximum atomic E-state index is 12.5. The van der Waals surface area contributed by atoms with E-state index in [-0.39, 0.29) is 5.91 Å². The van der Waals surface area contributed by atoms with Crippen LogP contribution < -0.4 is 5.32 Å². The molecule has 3 aromatic heterocycles. The highest BCUT2D eigenvalue weighted by atomic mass is 35.5. The smallest absolute Gasteiger partial charge is 0.261 e. The second-order valence-corrected chi connectivity index (χ2v) is 7.81. The standard InChI is InChI=1S/C20H19ClN4OS/c1-24-20-16(18(23-24)14-5-7-15(21)8-6-14)13-17(27-20)19(26)22-9-4-12-25-10-2-3-11-25/h2-3,5-8,10-11,13H,4,9,12H2,1H3,(H,22,26). The highest BCUT2D eigenvalue weighted by Gasteiger charge is 2.17. The van der Waals surface area contributed by atoms with Crippen LogP contribution in [0.3, 0.4) is 0 Å². The summed E-state index contributed by atoms with van der Waals surface area (Å²) in [5.41, 5.74) is 1.86. The van der Waals surface area contributed by atoms with Crippen molar-refractivity contribution in [1.82, 2.24) is 19.7 Å². The Hall–Kier alpha value is -2.57. The maximum Gasteiger partial charge on any atom is 0.261 e. The fourth-order valence-corrected chi connectivity index (χ4v) is 4.16. The van der Waals surface area contributed by atoms with Gasteiger partial charge >= 0.3 is 0 Å². The van der Waals surface area contributed by atoms with E-state index in [1.807, 2.05) is 66.6 Å². The van der Waals surface area contributed by atoms with Crippen LogP contribution in [0.2, 0.25) is 5.02 Å². The molecule has 1 amide bonds. The largest absolute Gasteiger partial charge is 0.354 e. The Bertz CT molecular complexity index is 1060. The number of nitrogens with one attached hydrogen (secondary N) is 1. The maximum absolute atomic E-state index is 12.5. The molecule has 1 aromatic carbocycles. The topological polar surface area (TPSA) is 51.9 Å². The highest BCUT2D eigenvalue weighted by molar-refractivity contribution is 7.20. The number of benzene rings is 1. The van der Waals surface area contributed by atoms with Gasteiger partial charge in [0.05, 0.1) is 4.88 Å². The van der Waals surface area contributed by atoms with Crippen molar-refractivity contribution in [2.24, 2.45) is 7.05 Å². The molecule has 0 aliphatic carbocycles. The minimum atomic E-state index is -0.0363. The molecule has 4 rings (SSSR count). The molecule has 5 nitrogen and oxygen atoms in total. The summed E-state index contributed by atoms with van der Waals surface area (Å²) in [4.78, 5) is 14.2. The molecule has 3 heterocycles. The van der Waals surface area contributed by atoms with E-state index in [1.54, 1.807) is 0 Å². The Labute approximate surface area is 166 Å². The SMILES string of the molecule is Cn1nc(-c2ccc(Cl)cc2)c2cc(C(=O)NCCCn3cccc3)sc21. The van der Waals surface area contributed by atoms with E-state index in [0.717, 1.165) is 34.4 Å². The van der Waals surface area contributed by atoms with Gasteiger partial charge in [0.25, 0.3) is 5.91 Å². The molecular weight excluding hydrogens is 380 g/mol. The lowest BCUT2D eigenvalue weighted by molar-refractivity contribution is 0.0957. The second kappa shape index (κ2) is 7.58. The summed E-state index contributed by atoms with van der Waals surface area (Å²) in [6.45, 7) is 1.54. The van der Waals surface area contributed by atoms with Crippen LogP contribution >= 0.6 is 22.9 Å². The summed E-state index contributed by atoms with van der Waals surface area (Å²) in [6, 6.07) is 13.5. The number of carbonyl (C=O) groups excluding carboxylic acids is 1. The van der Waals surface area contributed by atoms with Gasteiger partial charge in [0, 0.05) is 48.5 Å². The van der Waals surface area contributed by atoms with Gasteiger partial charge in [0.1, 0.15) is 10.5 Å². The van der Waals surface area contributed by atoms with Gasteiger partial charge in [-0.15, -0.1) is 11.3 Å². The van der Waals surface area contributed by atoms with Crippen LogP contribution in [0.15, 0.2) is 54.9 Å². The zero-order valence-electron chi connectivity index (χ0n) is 14.9. The van der Waals surface area contributed by atoms with Crippen molar-refractivity contribution in [3.05, 3.63) is 64.8 Å². The van der Waals surface area contributed by atoms with Crippen molar-refractivity contribution in [1.29, 1.82) is 0 Å². The lowest BCUT2D eigenvalue weighted by Crippen LogP contribution is -2.24. The van der Waals surface area contributed by atoms with Gasteiger partial charge in [-0.3, -0.25) is 9.48 Å². The van der Waals surface area contributed by atoms with E-state index < -0.39 is 0 Å². The second-order valence-electron chi connectivity index (χ2n) is 6.34. The summed E-state index contributed by atoms with van der Waals surface area (Å²) >= 11 is 7.45. The molecule has 0 spiro atoms. The van der Waals surface area contributed by atoms with Gasteiger partial charge in [-0.2, -0.15) is 5.10 Å². The van der Waals surface area contributed by atoms with Crippen LogP contribution in [0, 0.1) is 0 Å². The van der Waals surface area contributed by atoms with Gasteiger partial charge in [-0.1, -0.05) is 23.7 Å². The minimum absolute atomic E-state index is 0.0363. The minimum Gasteiger partial charge on any atom is -0.354 e. The van der Waals surface area contributed by atoms with Crippen molar-refractivity contribution in [2.45, 2.75) is 13.0 Å². The number of nitrogens with zero attached hydrogens (tertiary/aromatic N) is 3. The fourth-order valence-electron chi connectivity index (χ4n) is 3.04. The highest BCUT2D eigenvalue weighted by Crippen LogP contribution is 2.34. The van der Waals surface area contributed by atoms with Crippen LogP contribution in [0.1, 0.15) is 16.1 Å². The van der Waals surface area contributed by atoms with Crippen molar-refractivity contribution in [3.8, 4) is 11.3 Å². The van der Waals surface area contributed by atoms with Crippen molar-refractivity contribution >= 4 is 39.1 Å². The molecular formula is C20H19ClN4OS. The monoisotopic (exact) mass is 398 g/mol. The number of halogens is 1. The third-order valence-electron chi connectivity index (χ3n) is 4.40. The lowest BCUT2D eigenvalue weighted by atomic mass is 10.1. The number of fused-ring (bicyclic) bond motifs is 1. The van der Waals surface area contributed by atoms with E-state index in [4.69, 9.17) is 11.6 Å². The predicted octanol–water partition coefficient (Wildman–Crippen LogP) is 4.58. The zero-order valence-corrected chi connectivity index (χ0v) is 16.4. The zero-order chi connectivity index (χ0) is 18.8. The number of carbonyl (C=O) groups is 1. The van der Waals surface area contributed by atoms with Crippen LogP contribution in [-0.4, -0.2) is 26.8 Å². The summed E-state index contributed by atoms with van der Waals surface area (Å²) in [7, 11) is 1.90. The molecule has 0 unspecified atom stereocenters. The number of rotatable bonds is 6. The Morgan fingerprint density at radius 2 is 1.96 bits per heavy atom. The van der Waals surface area contributed by atoms with Gasteiger partial charge in [-0.05, 0) is 36.8 Å². The first-order valence-electron chi connectivity index (χ1n) is 8.73. The number of aryl methyl sites for hydroxylation is 2. The molecule has 0 saturated carbocycles. The van der Waals surface area contributed by atoms with Crippen molar-refractivity contribution in [2.75, 3.05) is 6.54 Å². The molecule has 0 fully saturated rings. The Morgan fingerprint density at radius 1 is 1.22 bits per heavy atom. The Kier molecular flexibility index (Phi) is 5.01. The quantitative estimate of drug-likeness (QED) is 0.483. The fraction of sp³-hybridized carbons (Fsp3) is 0.200. The molecule has 0 aliphatic heterocycles. The molecule has 7 heteroatoms. The summed E-state index contributed by atoms with van der Waals surface area (Å²) < 4.78 is 3.93. The first-order valence-corrected chi connectivity index (χ1v) is 9.93. The molecule has 0 atom stereocenters. The van der Waals surface area contributed by atoms with E-state index in [9.17, 15) is 4.79 Å². The first kappa shape index (κ1) is 17.8. The van der Waals surface area contributed by atoms with Crippen LogP contribution in [0.4, 0.5) is 0 Å². The number of thiophene rings is 1. The van der Waals surface area contributed by atoms with Crippen molar-refractivity contribution < 1.29 is 4.79 Å². The van der Waals surface area contributed by atoms with Gasteiger partial charge < -0.3 is 9.88 Å². The normalized spacial score (nSPS) is 11.2. The average molecular weight is 399 g/mol. The molecule has 4 aromatic rings. The average Bonchev–Trinajstić information content (AvgIpc) is 3.38. The molecule has 0 saturated heterocycles.